The van der Waals surface area contributed by atoms with Crippen LogP contribution < -0.4 is 9.47 Å². The van der Waals surface area contributed by atoms with Gasteiger partial charge in [0.1, 0.15) is 18.1 Å². The van der Waals surface area contributed by atoms with Gasteiger partial charge >= 0.3 is 0 Å². The topological polar surface area (TPSA) is 53.4 Å². The number of carbonyl (C=O) groups is 1. The normalized spacial score (nSPS) is 10.1. The molecule has 5 nitrogen and oxygen atoms in total. The number of benzene rings is 1. The molecule has 2 rings (SSSR count). The highest BCUT2D eigenvalue weighted by Gasteiger charge is 2.06. The summed E-state index contributed by atoms with van der Waals surface area (Å²) in [5.41, 5.74) is 1.42. The van der Waals surface area contributed by atoms with Gasteiger partial charge in [-0.2, -0.15) is 0 Å². The fraction of sp³-hybridized carbons (Fsp3) is 0.231. The summed E-state index contributed by atoms with van der Waals surface area (Å²) in [6, 6.07) is 5.09. The fourth-order valence-corrected chi connectivity index (χ4v) is 1.54. The van der Waals surface area contributed by atoms with Crippen molar-refractivity contribution in [1.29, 1.82) is 0 Å². The SMILES string of the molecule is COc1ccc(C=O)c(OCc2cncn2C)c1. The largest absolute Gasteiger partial charge is 0.497 e. The van der Waals surface area contributed by atoms with Gasteiger partial charge in [0.2, 0.25) is 0 Å². The molecule has 0 radical (unpaired) electrons. The Morgan fingerprint density at radius 2 is 2.28 bits per heavy atom. The first-order valence-corrected chi connectivity index (χ1v) is 5.46. The van der Waals surface area contributed by atoms with Crippen molar-refractivity contribution in [3.05, 3.63) is 42.0 Å². The summed E-state index contributed by atoms with van der Waals surface area (Å²) in [5.74, 6) is 1.16. The number of aldehydes is 1. The first-order chi connectivity index (χ1) is 8.74. The van der Waals surface area contributed by atoms with Gasteiger partial charge in [0.25, 0.3) is 0 Å². The minimum atomic E-state index is 0.352. The van der Waals surface area contributed by atoms with Crippen molar-refractivity contribution < 1.29 is 14.3 Å². The number of aromatic nitrogens is 2. The predicted octanol–water partition coefficient (Wildman–Crippen LogP) is 1.82. The molecule has 0 aliphatic carbocycles. The van der Waals surface area contributed by atoms with E-state index in [2.05, 4.69) is 4.98 Å². The van der Waals surface area contributed by atoms with E-state index in [1.165, 1.54) is 0 Å². The van der Waals surface area contributed by atoms with Crippen LogP contribution in [0, 0.1) is 0 Å². The lowest BCUT2D eigenvalue weighted by Crippen LogP contribution is -2.03. The minimum absolute atomic E-state index is 0.352. The van der Waals surface area contributed by atoms with Crippen LogP contribution in [0.2, 0.25) is 0 Å². The number of imidazole rings is 1. The molecular formula is C13H14N2O3. The second-order valence-corrected chi connectivity index (χ2v) is 3.81. The average molecular weight is 246 g/mol. The molecule has 0 amide bonds. The highest BCUT2D eigenvalue weighted by molar-refractivity contribution is 5.79. The summed E-state index contributed by atoms with van der Waals surface area (Å²) in [5, 5.41) is 0. The van der Waals surface area contributed by atoms with Crippen molar-refractivity contribution in [2.24, 2.45) is 7.05 Å². The highest BCUT2D eigenvalue weighted by atomic mass is 16.5. The molecule has 0 aliphatic rings. The van der Waals surface area contributed by atoms with Crippen LogP contribution in [0.1, 0.15) is 16.1 Å². The molecule has 1 heterocycles. The Morgan fingerprint density at radius 3 is 2.89 bits per heavy atom. The van der Waals surface area contributed by atoms with E-state index < -0.39 is 0 Å². The summed E-state index contributed by atoms with van der Waals surface area (Å²) in [7, 11) is 3.46. The first-order valence-electron chi connectivity index (χ1n) is 5.46. The Balaban J connectivity index is 2.17. The lowest BCUT2D eigenvalue weighted by atomic mass is 10.2. The Bertz CT molecular complexity index is 549. The Morgan fingerprint density at radius 1 is 1.44 bits per heavy atom. The second kappa shape index (κ2) is 5.35. The third-order valence-electron chi connectivity index (χ3n) is 2.64. The Kier molecular flexibility index (Phi) is 3.62. The summed E-state index contributed by atoms with van der Waals surface area (Å²) in [4.78, 5) is 14.9. The van der Waals surface area contributed by atoms with Gasteiger partial charge in [-0.05, 0) is 12.1 Å². The van der Waals surface area contributed by atoms with E-state index in [1.807, 2.05) is 11.6 Å². The molecule has 0 atom stereocenters. The number of carbonyl (C=O) groups excluding carboxylic acids is 1. The predicted molar refractivity (Wildman–Crippen MR) is 65.9 cm³/mol. The number of aryl methyl sites for hydroxylation is 1. The number of nitrogens with zero attached hydrogens (tertiary/aromatic N) is 2. The number of hydrogen-bond acceptors (Lipinski definition) is 4. The zero-order valence-electron chi connectivity index (χ0n) is 10.3. The average Bonchev–Trinajstić information content (AvgIpc) is 2.81. The Hall–Kier alpha value is -2.30. The van der Waals surface area contributed by atoms with Gasteiger partial charge < -0.3 is 14.0 Å². The van der Waals surface area contributed by atoms with Crippen LogP contribution in [-0.4, -0.2) is 22.9 Å². The molecule has 2 aromatic rings. The smallest absolute Gasteiger partial charge is 0.153 e. The van der Waals surface area contributed by atoms with Crippen molar-refractivity contribution in [3.8, 4) is 11.5 Å². The van der Waals surface area contributed by atoms with E-state index in [9.17, 15) is 4.79 Å². The highest BCUT2D eigenvalue weighted by Crippen LogP contribution is 2.24. The van der Waals surface area contributed by atoms with Crippen molar-refractivity contribution in [2.45, 2.75) is 6.61 Å². The lowest BCUT2D eigenvalue weighted by Gasteiger charge is -2.10. The van der Waals surface area contributed by atoms with E-state index >= 15 is 0 Å². The summed E-state index contributed by atoms with van der Waals surface area (Å²) >= 11 is 0. The maximum atomic E-state index is 10.9. The molecule has 0 saturated carbocycles. The van der Waals surface area contributed by atoms with Crippen molar-refractivity contribution in [3.63, 3.8) is 0 Å². The lowest BCUT2D eigenvalue weighted by molar-refractivity contribution is 0.111. The van der Waals surface area contributed by atoms with Gasteiger partial charge in [0, 0.05) is 13.1 Å². The van der Waals surface area contributed by atoms with Crippen LogP contribution in [0.25, 0.3) is 0 Å². The standard InChI is InChI=1S/C13H14N2O3/c1-15-9-14-6-11(15)8-18-13-5-12(17-2)4-3-10(13)7-16/h3-7,9H,8H2,1-2H3. The van der Waals surface area contributed by atoms with Gasteiger partial charge in [-0.25, -0.2) is 4.98 Å². The number of hydrogen-bond donors (Lipinski definition) is 0. The second-order valence-electron chi connectivity index (χ2n) is 3.81. The summed E-state index contributed by atoms with van der Waals surface area (Å²) in [6.45, 7) is 0.352. The van der Waals surface area contributed by atoms with Gasteiger partial charge in [0.05, 0.1) is 30.9 Å². The molecule has 0 fully saturated rings. The van der Waals surface area contributed by atoms with Crippen LogP contribution >= 0.6 is 0 Å². The molecule has 1 aromatic heterocycles. The molecule has 18 heavy (non-hydrogen) atoms. The summed E-state index contributed by atoms with van der Waals surface area (Å²) < 4.78 is 12.6. The van der Waals surface area contributed by atoms with Gasteiger partial charge in [-0.3, -0.25) is 4.79 Å². The fourth-order valence-electron chi connectivity index (χ4n) is 1.54. The third kappa shape index (κ3) is 2.51. The monoisotopic (exact) mass is 246 g/mol. The number of methoxy groups -OCH3 is 1. The van der Waals surface area contributed by atoms with Gasteiger partial charge in [-0.15, -0.1) is 0 Å². The molecule has 0 unspecified atom stereocenters. The minimum Gasteiger partial charge on any atom is -0.497 e. The van der Waals surface area contributed by atoms with Gasteiger partial charge in [0.15, 0.2) is 6.29 Å². The van der Waals surface area contributed by atoms with Crippen LogP contribution in [-0.2, 0) is 13.7 Å². The molecule has 0 spiro atoms. The van der Waals surface area contributed by atoms with E-state index in [0.29, 0.717) is 23.7 Å². The first kappa shape index (κ1) is 12.2. The molecular weight excluding hydrogens is 232 g/mol. The van der Waals surface area contributed by atoms with Crippen LogP contribution in [0.3, 0.4) is 0 Å². The van der Waals surface area contributed by atoms with E-state index in [4.69, 9.17) is 9.47 Å². The zero-order valence-corrected chi connectivity index (χ0v) is 10.3. The van der Waals surface area contributed by atoms with Crippen molar-refractivity contribution >= 4 is 6.29 Å². The van der Waals surface area contributed by atoms with Crippen molar-refractivity contribution in [1.82, 2.24) is 9.55 Å². The molecule has 94 valence electrons. The quantitative estimate of drug-likeness (QED) is 0.755. The van der Waals surface area contributed by atoms with Gasteiger partial charge in [-0.1, -0.05) is 0 Å². The number of rotatable bonds is 5. The van der Waals surface area contributed by atoms with Crippen LogP contribution in [0.4, 0.5) is 0 Å². The van der Waals surface area contributed by atoms with Crippen molar-refractivity contribution in [2.75, 3.05) is 7.11 Å². The summed E-state index contributed by atoms with van der Waals surface area (Å²) in [6.07, 6.45) is 4.18. The molecule has 1 aromatic carbocycles. The molecule has 0 aliphatic heterocycles. The van der Waals surface area contributed by atoms with E-state index in [-0.39, 0.29) is 0 Å². The maximum absolute atomic E-state index is 10.9. The molecule has 0 bridgehead atoms. The third-order valence-corrected chi connectivity index (χ3v) is 2.64. The van der Waals surface area contributed by atoms with E-state index in [1.54, 1.807) is 37.8 Å². The molecule has 0 saturated heterocycles. The van der Waals surface area contributed by atoms with E-state index in [0.717, 1.165) is 12.0 Å². The molecule has 5 heteroatoms. The maximum Gasteiger partial charge on any atom is 0.153 e. The van der Waals surface area contributed by atoms with Crippen LogP contribution in [0.15, 0.2) is 30.7 Å². The molecule has 0 N–H and O–H groups in total. The Labute approximate surface area is 105 Å². The van der Waals surface area contributed by atoms with Crippen LogP contribution in [0.5, 0.6) is 11.5 Å². The zero-order chi connectivity index (χ0) is 13.0. The number of ether oxygens (including phenoxy) is 2.